The largest absolute Gasteiger partial charge is 0.509 e. The zero-order chi connectivity index (χ0) is 8.10. The van der Waals surface area contributed by atoms with E-state index in [0.29, 0.717) is 13.2 Å². The number of hydrogen-bond donors (Lipinski definition) is 0. The fourth-order valence-electron chi connectivity index (χ4n) is 0.820. The number of ether oxygens (including phenoxy) is 3. The molecule has 1 aliphatic rings. The first kappa shape index (κ1) is 8.62. The molecule has 1 atom stereocenters. The van der Waals surface area contributed by atoms with Gasteiger partial charge in [-0.25, -0.2) is 4.79 Å². The summed E-state index contributed by atoms with van der Waals surface area (Å²) in [6.45, 7) is 1.09. The molecule has 0 N–H and O–H groups in total. The van der Waals surface area contributed by atoms with E-state index in [9.17, 15) is 4.79 Å². The molecule has 1 aliphatic heterocycles. The summed E-state index contributed by atoms with van der Waals surface area (Å²) in [7, 11) is 0. The minimum atomic E-state index is -0.726. The molecule has 1 fully saturated rings. The summed E-state index contributed by atoms with van der Waals surface area (Å²) in [5.41, 5.74) is 0. The molecule has 0 unspecified atom stereocenters. The van der Waals surface area contributed by atoms with Crippen LogP contribution in [0.5, 0.6) is 0 Å². The number of carbonyl (C=O) groups is 1. The SMILES string of the molecule is O=C(OCCl)O[C@H]1CCOC1. The zero-order valence-corrected chi connectivity index (χ0v) is 6.67. The van der Waals surface area contributed by atoms with Gasteiger partial charge in [0.2, 0.25) is 0 Å². The Bertz CT molecular complexity index is 133. The van der Waals surface area contributed by atoms with Gasteiger partial charge in [-0.3, -0.25) is 0 Å². The van der Waals surface area contributed by atoms with E-state index in [1.165, 1.54) is 0 Å². The Hall–Kier alpha value is -0.480. The summed E-state index contributed by atoms with van der Waals surface area (Å²) >= 11 is 5.13. The van der Waals surface area contributed by atoms with E-state index < -0.39 is 6.16 Å². The van der Waals surface area contributed by atoms with Gasteiger partial charge in [0.05, 0.1) is 13.2 Å². The average Bonchev–Trinajstić information content (AvgIpc) is 2.40. The van der Waals surface area contributed by atoms with Crippen molar-refractivity contribution in [3.05, 3.63) is 0 Å². The minimum absolute atomic E-state index is 0.161. The lowest BCUT2D eigenvalue weighted by Crippen LogP contribution is -2.18. The lowest BCUT2D eigenvalue weighted by atomic mass is 10.3. The average molecular weight is 181 g/mol. The molecule has 11 heavy (non-hydrogen) atoms. The molecule has 0 bridgehead atoms. The highest BCUT2D eigenvalue weighted by Gasteiger charge is 2.20. The molecule has 4 nitrogen and oxygen atoms in total. The van der Waals surface area contributed by atoms with E-state index in [-0.39, 0.29) is 12.2 Å². The third-order valence-electron chi connectivity index (χ3n) is 1.32. The van der Waals surface area contributed by atoms with Crippen LogP contribution in [0.3, 0.4) is 0 Å². The molecule has 0 aromatic carbocycles. The van der Waals surface area contributed by atoms with Gasteiger partial charge in [0, 0.05) is 6.42 Å². The molecule has 1 rings (SSSR count). The standard InChI is InChI=1S/C6H9ClO4/c7-4-10-6(8)11-5-1-2-9-3-5/h5H,1-4H2/t5-/m0/s1. The maximum atomic E-state index is 10.6. The second-order valence-electron chi connectivity index (χ2n) is 2.11. The summed E-state index contributed by atoms with van der Waals surface area (Å²) in [6, 6.07) is -0.174. The fourth-order valence-corrected chi connectivity index (χ4v) is 0.910. The number of alkyl halides is 1. The number of hydrogen-bond acceptors (Lipinski definition) is 4. The van der Waals surface area contributed by atoms with Crippen LogP contribution in [0.1, 0.15) is 6.42 Å². The second-order valence-corrected chi connectivity index (χ2v) is 2.33. The van der Waals surface area contributed by atoms with Crippen molar-refractivity contribution in [3.63, 3.8) is 0 Å². The molecule has 0 aliphatic carbocycles. The van der Waals surface area contributed by atoms with Crippen molar-refractivity contribution in [3.8, 4) is 0 Å². The van der Waals surface area contributed by atoms with Crippen LogP contribution in [0, 0.1) is 0 Å². The monoisotopic (exact) mass is 180 g/mol. The summed E-state index contributed by atoms with van der Waals surface area (Å²) < 4.78 is 14.1. The van der Waals surface area contributed by atoms with Crippen LogP contribution >= 0.6 is 11.6 Å². The minimum Gasteiger partial charge on any atom is -0.428 e. The van der Waals surface area contributed by atoms with Crippen molar-refractivity contribution < 1.29 is 19.0 Å². The van der Waals surface area contributed by atoms with Gasteiger partial charge in [-0.05, 0) is 0 Å². The highest BCUT2D eigenvalue weighted by Crippen LogP contribution is 2.08. The normalized spacial score (nSPS) is 23.2. The third-order valence-corrected chi connectivity index (χ3v) is 1.43. The Morgan fingerprint density at radius 2 is 2.55 bits per heavy atom. The predicted octanol–water partition coefficient (Wildman–Crippen LogP) is 1.12. The number of rotatable bonds is 2. The van der Waals surface area contributed by atoms with E-state index >= 15 is 0 Å². The summed E-state index contributed by atoms with van der Waals surface area (Å²) in [5.74, 6) is 0. The lowest BCUT2D eigenvalue weighted by molar-refractivity contribution is 0.0283. The predicted molar refractivity (Wildman–Crippen MR) is 37.5 cm³/mol. The van der Waals surface area contributed by atoms with Crippen molar-refractivity contribution >= 4 is 17.8 Å². The third kappa shape index (κ3) is 2.95. The molecule has 1 saturated heterocycles. The number of halogens is 1. The van der Waals surface area contributed by atoms with Gasteiger partial charge in [0.25, 0.3) is 0 Å². The van der Waals surface area contributed by atoms with Crippen LogP contribution < -0.4 is 0 Å². The van der Waals surface area contributed by atoms with Gasteiger partial charge in [-0.1, -0.05) is 11.6 Å². The molecule has 0 spiro atoms. The first-order chi connectivity index (χ1) is 5.33. The Kier molecular flexibility index (Phi) is 3.45. The van der Waals surface area contributed by atoms with Gasteiger partial charge >= 0.3 is 6.16 Å². The van der Waals surface area contributed by atoms with E-state index in [0.717, 1.165) is 6.42 Å². The summed E-state index contributed by atoms with van der Waals surface area (Å²) in [6.07, 6.45) is -0.154. The highest BCUT2D eigenvalue weighted by molar-refractivity contribution is 6.17. The first-order valence-electron chi connectivity index (χ1n) is 3.30. The maximum absolute atomic E-state index is 10.6. The van der Waals surface area contributed by atoms with Crippen molar-refractivity contribution in [1.82, 2.24) is 0 Å². The van der Waals surface area contributed by atoms with E-state index in [1.807, 2.05) is 0 Å². The molecular weight excluding hydrogens is 172 g/mol. The van der Waals surface area contributed by atoms with Gasteiger partial charge < -0.3 is 14.2 Å². The smallest absolute Gasteiger partial charge is 0.428 e. The van der Waals surface area contributed by atoms with E-state index in [1.54, 1.807) is 0 Å². The van der Waals surface area contributed by atoms with E-state index in [4.69, 9.17) is 21.1 Å². The molecule has 1 heterocycles. The Labute approximate surface area is 69.4 Å². The van der Waals surface area contributed by atoms with E-state index in [2.05, 4.69) is 4.74 Å². The maximum Gasteiger partial charge on any atom is 0.509 e. The zero-order valence-electron chi connectivity index (χ0n) is 5.92. The van der Waals surface area contributed by atoms with Gasteiger partial charge in [-0.2, -0.15) is 0 Å². The van der Waals surface area contributed by atoms with Crippen molar-refractivity contribution in [2.24, 2.45) is 0 Å². The van der Waals surface area contributed by atoms with Crippen LogP contribution in [0.15, 0.2) is 0 Å². The molecule has 0 aromatic rings. The van der Waals surface area contributed by atoms with Crippen molar-refractivity contribution in [2.75, 3.05) is 19.3 Å². The van der Waals surface area contributed by atoms with Crippen molar-refractivity contribution in [2.45, 2.75) is 12.5 Å². The van der Waals surface area contributed by atoms with Crippen molar-refractivity contribution in [1.29, 1.82) is 0 Å². The van der Waals surface area contributed by atoms with Crippen LogP contribution in [-0.4, -0.2) is 31.5 Å². The topological polar surface area (TPSA) is 44.8 Å². The molecule has 0 amide bonds. The van der Waals surface area contributed by atoms with Crippen LogP contribution in [0.25, 0.3) is 0 Å². The molecular formula is C6H9ClO4. The second kappa shape index (κ2) is 4.41. The van der Waals surface area contributed by atoms with Gasteiger partial charge in [-0.15, -0.1) is 0 Å². The fraction of sp³-hybridized carbons (Fsp3) is 0.833. The Balaban J connectivity index is 2.13. The Morgan fingerprint density at radius 3 is 3.09 bits per heavy atom. The number of carbonyl (C=O) groups excluding carboxylic acids is 1. The molecule has 64 valence electrons. The lowest BCUT2D eigenvalue weighted by Gasteiger charge is -2.07. The highest BCUT2D eigenvalue weighted by atomic mass is 35.5. The Morgan fingerprint density at radius 1 is 1.73 bits per heavy atom. The van der Waals surface area contributed by atoms with Crippen LogP contribution in [0.4, 0.5) is 4.79 Å². The summed E-state index contributed by atoms with van der Waals surface area (Å²) in [4.78, 5) is 10.6. The molecule has 5 heteroatoms. The molecule has 0 radical (unpaired) electrons. The van der Waals surface area contributed by atoms with Gasteiger partial charge in [0.15, 0.2) is 6.07 Å². The van der Waals surface area contributed by atoms with Gasteiger partial charge in [0.1, 0.15) is 6.10 Å². The molecule has 0 aromatic heterocycles. The van der Waals surface area contributed by atoms with Crippen LogP contribution in [0.2, 0.25) is 0 Å². The summed E-state index contributed by atoms with van der Waals surface area (Å²) in [5, 5.41) is 0. The van der Waals surface area contributed by atoms with Crippen LogP contribution in [-0.2, 0) is 14.2 Å². The first-order valence-corrected chi connectivity index (χ1v) is 3.83. The quantitative estimate of drug-likeness (QED) is 0.472. The molecule has 0 saturated carbocycles.